The van der Waals surface area contributed by atoms with Gasteiger partial charge in [0.1, 0.15) is 0 Å². The Morgan fingerprint density at radius 3 is 2.35 bits per heavy atom. The molecule has 6 heteroatoms. The summed E-state index contributed by atoms with van der Waals surface area (Å²) in [5.41, 5.74) is 1.28. The quantitative estimate of drug-likeness (QED) is 0.548. The van der Waals surface area contributed by atoms with Crippen LogP contribution in [0.4, 0.5) is 0 Å². The van der Waals surface area contributed by atoms with Gasteiger partial charge in [-0.2, -0.15) is 0 Å². The molecular formula is C17H21O4PS. The summed E-state index contributed by atoms with van der Waals surface area (Å²) >= 11 is 3.89. The second-order valence-electron chi connectivity index (χ2n) is 6.25. The molecule has 23 heavy (non-hydrogen) atoms. The molecule has 0 bridgehead atoms. The van der Waals surface area contributed by atoms with Gasteiger partial charge in [-0.3, -0.25) is 4.79 Å². The Morgan fingerprint density at radius 2 is 1.83 bits per heavy atom. The van der Waals surface area contributed by atoms with E-state index in [1.165, 1.54) is 0 Å². The van der Waals surface area contributed by atoms with Gasteiger partial charge in [0, 0.05) is 6.42 Å². The number of rotatable bonds is 6. The van der Waals surface area contributed by atoms with Crippen molar-refractivity contribution >= 4 is 42.4 Å². The molecule has 0 amide bonds. The van der Waals surface area contributed by atoms with Gasteiger partial charge in [0.15, 0.2) is 5.12 Å². The number of hydrogen-bond acceptors (Lipinski definition) is 4. The standard InChI is InChI=1S/C17H21O4PS/c1-17(2,10-16(18)23)15-9-13-7-5-4-6-12(13)8-14(15)11-21-22(3,19)20/h4-9,19-20H,3,10-11H2,1-2H3,(H,18,23). The number of thiol groups is 1. The van der Waals surface area contributed by atoms with E-state index >= 15 is 0 Å². The van der Waals surface area contributed by atoms with Crippen LogP contribution in [-0.2, 0) is 21.3 Å². The molecule has 0 unspecified atom stereocenters. The van der Waals surface area contributed by atoms with E-state index in [9.17, 15) is 14.6 Å². The smallest absolute Gasteiger partial charge is 0.245 e. The maximum Gasteiger partial charge on any atom is 0.245 e. The summed E-state index contributed by atoms with van der Waals surface area (Å²) in [6.45, 7) is 3.94. The van der Waals surface area contributed by atoms with Crippen molar-refractivity contribution in [2.45, 2.75) is 32.3 Å². The molecule has 0 saturated carbocycles. The van der Waals surface area contributed by atoms with Crippen molar-refractivity contribution in [2.24, 2.45) is 0 Å². The average Bonchev–Trinajstić information content (AvgIpc) is 2.42. The van der Waals surface area contributed by atoms with Gasteiger partial charge in [-0.05, 0) is 39.7 Å². The second-order valence-corrected chi connectivity index (χ2v) is 8.34. The topological polar surface area (TPSA) is 66.8 Å². The highest BCUT2D eigenvalue weighted by molar-refractivity contribution is 7.96. The molecule has 0 aromatic heterocycles. The molecule has 0 aliphatic carbocycles. The maximum absolute atomic E-state index is 11.5. The zero-order chi connectivity index (χ0) is 17.3. The third-order valence-corrected chi connectivity index (χ3v) is 4.42. The lowest BCUT2D eigenvalue weighted by Crippen LogP contribution is -2.22. The fourth-order valence-corrected chi connectivity index (χ4v) is 3.42. The molecule has 0 fully saturated rings. The first-order valence-electron chi connectivity index (χ1n) is 7.16. The SMILES string of the molecule is C=P(O)(O)OCc1cc2ccccc2cc1C(C)(C)CC(=O)S. The molecule has 4 nitrogen and oxygen atoms in total. The Bertz CT molecular complexity index is 779. The van der Waals surface area contributed by atoms with Crippen LogP contribution >= 0.6 is 20.2 Å². The van der Waals surface area contributed by atoms with Gasteiger partial charge in [-0.1, -0.05) is 44.2 Å². The third-order valence-electron chi connectivity index (χ3n) is 3.72. The van der Waals surface area contributed by atoms with Gasteiger partial charge in [0.2, 0.25) is 7.57 Å². The molecular weight excluding hydrogens is 331 g/mol. The van der Waals surface area contributed by atoms with E-state index in [0.29, 0.717) is 0 Å². The van der Waals surface area contributed by atoms with Gasteiger partial charge in [-0.25, -0.2) is 0 Å². The van der Waals surface area contributed by atoms with Gasteiger partial charge >= 0.3 is 0 Å². The van der Waals surface area contributed by atoms with Crippen molar-refractivity contribution in [1.29, 1.82) is 0 Å². The summed E-state index contributed by atoms with van der Waals surface area (Å²) in [5, 5.41) is 1.87. The first-order valence-corrected chi connectivity index (χ1v) is 9.40. The molecule has 0 radical (unpaired) electrons. The Labute approximate surface area is 141 Å². The number of fused-ring (bicyclic) bond motifs is 1. The molecule has 0 saturated heterocycles. The minimum atomic E-state index is -3.57. The third kappa shape index (κ3) is 4.93. The monoisotopic (exact) mass is 352 g/mol. The number of benzene rings is 2. The lowest BCUT2D eigenvalue weighted by atomic mass is 9.78. The Kier molecular flexibility index (Phi) is 5.39. The van der Waals surface area contributed by atoms with Crippen LogP contribution in [0, 0.1) is 0 Å². The highest BCUT2D eigenvalue weighted by Gasteiger charge is 2.26. The molecule has 0 aliphatic heterocycles. The van der Waals surface area contributed by atoms with Crippen LogP contribution in [0.1, 0.15) is 31.4 Å². The molecule has 0 heterocycles. The highest BCUT2D eigenvalue weighted by atomic mass is 32.1. The minimum absolute atomic E-state index is 0.0225. The van der Waals surface area contributed by atoms with Gasteiger partial charge in [0.25, 0.3) is 0 Å². The Hall–Kier alpha value is -1.10. The van der Waals surface area contributed by atoms with E-state index in [1.54, 1.807) is 0 Å². The molecule has 0 spiro atoms. The van der Waals surface area contributed by atoms with E-state index in [-0.39, 0.29) is 18.1 Å². The average molecular weight is 352 g/mol. The number of carbonyl (C=O) groups is 1. The van der Waals surface area contributed by atoms with Crippen molar-refractivity contribution in [3.63, 3.8) is 0 Å². The maximum atomic E-state index is 11.5. The van der Waals surface area contributed by atoms with Crippen molar-refractivity contribution in [3.8, 4) is 0 Å². The van der Waals surface area contributed by atoms with Crippen LogP contribution in [0.25, 0.3) is 10.8 Å². The van der Waals surface area contributed by atoms with Gasteiger partial charge < -0.3 is 14.3 Å². The summed E-state index contributed by atoms with van der Waals surface area (Å²) in [6.07, 6.45) is 3.49. The predicted octanol–water partition coefficient (Wildman–Crippen LogP) is 3.66. The number of hydrogen-bond donors (Lipinski definition) is 3. The van der Waals surface area contributed by atoms with Crippen LogP contribution in [-0.4, -0.2) is 21.2 Å². The normalized spacial score (nSPS) is 12.6. The molecule has 2 N–H and O–H groups in total. The lowest BCUT2D eigenvalue weighted by Gasteiger charge is -2.27. The molecule has 2 aromatic carbocycles. The first-order chi connectivity index (χ1) is 10.6. The van der Waals surface area contributed by atoms with Gasteiger partial charge in [0.05, 0.1) is 6.61 Å². The van der Waals surface area contributed by atoms with Crippen molar-refractivity contribution in [1.82, 2.24) is 0 Å². The molecule has 124 valence electrons. The van der Waals surface area contributed by atoms with Crippen molar-refractivity contribution < 1.29 is 19.1 Å². The lowest BCUT2D eigenvalue weighted by molar-refractivity contribution is -0.111. The van der Waals surface area contributed by atoms with E-state index < -0.39 is 13.0 Å². The first kappa shape index (κ1) is 18.2. The summed E-state index contributed by atoms with van der Waals surface area (Å²) in [7, 11) is -3.57. The van der Waals surface area contributed by atoms with Gasteiger partial charge in [-0.15, -0.1) is 12.6 Å². The van der Waals surface area contributed by atoms with E-state index in [1.807, 2.05) is 50.2 Å². The van der Waals surface area contributed by atoms with Crippen molar-refractivity contribution in [2.75, 3.05) is 0 Å². The summed E-state index contributed by atoms with van der Waals surface area (Å²) in [5.74, 6) is 0. The zero-order valence-electron chi connectivity index (χ0n) is 13.2. The van der Waals surface area contributed by atoms with Crippen LogP contribution in [0.3, 0.4) is 0 Å². The molecule has 0 aliphatic rings. The van der Waals surface area contributed by atoms with E-state index in [2.05, 4.69) is 18.9 Å². The highest BCUT2D eigenvalue weighted by Crippen LogP contribution is 2.39. The van der Waals surface area contributed by atoms with E-state index in [0.717, 1.165) is 21.9 Å². The van der Waals surface area contributed by atoms with Crippen molar-refractivity contribution in [3.05, 3.63) is 47.5 Å². The fourth-order valence-electron chi connectivity index (χ4n) is 2.68. The fraction of sp³-hybridized carbons (Fsp3) is 0.294. The predicted molar refractivity (Wildman–Crippen MR) is 98.9 cm³/mol. The van der Waals surface area contributed by atoms with Crippen LogP contribution in [0.2, 0.25) is 0 Å². The van der Waals surface area contributed by atoms with Crippen LogP contribution in [0.5, 0.6) is 0 Å². The summed E-state index contributed by atoms with van der Waals surface area (Å²) < 4.78 is 5.11. The molecule has 2 aromatic rings. The largest absolute Gasteiger partial charge is 0.333 e. The molecule has 2 rings (SSSR count). The van der Waals surface area contributed by atoms with Crippen LogP contribution < -0.4 is 0 Å². The minimum Gasteiger partial charge on any atom is -0.333 e. The summed E-state index contributed by atoms with van der Waals surface area (Å²) in [4.78, 5) is 30.3. The molecule has 0 atom stereocenters. The summed E-state index contributed by atoms with van der Waals surface area (Å²) in [6, 6.07) is 11.8. The van der Waals surface area contributed by atoms with E-state index in [4.69, 9.17) is 4.52 Å². The van der Waals surface area contributed by atoms with Crippen LogP contribution in [0.15, 0.2) is 36.4 Å². The second kappa shape index (κ2) is 6.80. The number of carbonyl (C=O) groups excluding carboxylic acids is 1. The zero-order valence-corrected chi connectivity index (χ0v) is 15.0. The Morgan fingerprint density at radius 1 is 1.26 bits per heavy atom. The Balaban J connectivity index is 2.54.